The van der Waals surface area contributed by atoms with E-state index in [-0.39, 0.29) is 12.5 Å². The Bertz CT molecular complexity index is 822. The summed E-state index contributed by atoms with van der Waals surface area (Å²) in [5, 5.41) is 2.68. The van der Waals surface area contributed by atoms with E-state index in [2.05, 4.69) is 19.2 Å². The van der Waals surface area contributed by atoms with Gasteiger partial charge in [0.15, 0.2) is 6.61 Å². The monoisotopic (exact) mass is 337 g/mol. The first-order valence-electron chi connectivity index (χ1n) is 8.08. The fourth-order valence-electron chi connectivity index (χ4n) is 2.42. The summed E-state index contributed by atoms with van der Waals surface area (Å²) in [6.45, 7) is 4.22. The van der Waals surface area contributed by atoms with Crippen LogP contribution in [0.15, 0.2) is 48.5 Å². The van der Waals surface area contributed by atoms with E-state index in [9.17, 15) is 9.59 Å². The second-order valence-corrected chi connectivity index (χ2v) is 6.07. The molecule has 5 heteroatoms. The van der Waals surface area contributed by atoms with Crippen molar-refractivity contribution in [3.8, 4) is 11.5 Å². The van der Waals surface area contributed by atoms with E-state index in [0.29, 0.717) is 23.1 Å². The number of fused-ring (bicyclic) bond motifs is 1. The van der Waals surface area contributed by atoms with Crippen molar-refractivity contribution in [2.24, 2.45) is 0 Å². The van der Waals surface area contributed by atoms with Gasteiger partial charge in [0.05, 0.1) is 5.69 Å². The van der Waals surface area contributed by atoms with E-state index in [1.807, 2.05) is 24.3 Å². The number of hydrogen-bond donors (Lipinski definition) is 1. The lowest BCUT2D eigenvalue weighted by Gasteiger charge is -2.18. The molecule has 0 spiro atoms. The third-order valence-corrected chi connectivity index (χ3v) is 3.82. The number of nitrogens with one attached hydrogen (secondary N) is 1. The summed E-state index contributed by atoms with van der Waals surface area (Å²) in [6.07, 6.45) is 3.09. The Morgan fingerprint density at radius 2 is 1.96 bits per heavy atom. The Hall–Kier alpha value is -3.08. The second-order valence-electron chi connectivity index (χ2n) is 6.07. The number of carbonyl (C=O) groups is 2. The maximum atomic E-state index is 12.0. The maximum absolute atomic E-state index is 12.0. The highest BCUT2D eigenvalue weighted by molar-refractivity contribution is 5.95. The zero-order valence-corrected chi connectivity index (χ0v) is 14.1. The first-order chi connectivity index (χ1) is 12.0. The number of esters is 1. The molecule has 0 saturated heterocycles. The molecule has 0 unspecified atom stereocenters. The smallest absolute Gasteiger partial charge is 0.336 e. The van der Waals surface area contributed by atoms with E-state index in [4.69, 9.17) is 9.47 Å². The highest BCUT2D eigenvalue weighted by Crippen LogP contribution is 2.31. The van der Waals surface area contributed by atoms with Crippen LogP contribution in [0.25, 0.3) is 6.08 Å². The molecule has 5 nitrogen and oxygen atoms in total. The molecule has 2 aromatic carbocycles. The molecule has 128 valence electrons. The number of amides is 1. The molecule has 0 bridgehead atoms. The van der Waals surface area contributed by atoms with Crippen molar-refractivity contribution in [3.05, 3.63) is 59.7 Å². The maximum Gasteiger partial charge on any atom is 0.336 e. The van der Waals surface area contributed by atoms with E-state index in [1.54, 1.807) is 24.3 Å². The molecule has 1 aliphatic heterocycles. The quantitative estimate of drug-likeness (QED) is 0.524. The summed E-state index contributed by atoms with van der Waals surface area (Å²) in [6, 6.07) is 12.9. The van der Waals surface area contributed by atoms with Crippen LogP contribution in [0.2, 0.25) is 0 Å². The van der Waals surface area contributed by atoms with Crippen LogP contribution in [-0.4, -0.2) is 18.5 Å². The second kappa shape index (κ2) is 7.21. The molecule has 1 aliphatic rings. The number of rotatable bonds is 4. The van der Waals surface area contributed by atoms with Crippen LogP contribution in [0.3, 0.4) is 0 Å². The minimum absolute atomic E-state index is 0.0450. The summed E-state index contributed by atoms with van der Waals surface area (Å²) in [4.78, 5) is 23.2. The van der Waals surface area contributed by atoms with Crippen LogP contribution in [0.4, 0.5) is 5.69 Å². The summed E-state index contributed by atoms with van der Waals surface area (Å²) in [5.74, 6) is 0.633. The van der Waals surface area contributed by atoms with Crippen molar-refractivity contribution < 1.29 is 19.1 Å². The summed E-state index contributed by atoms with van der Waals surface area (Å²) in [5.41, 5.74) is 2.75. The first kappa shape index (κ1) is 16.8. The number of ether oxygens (including phenoxy) is 2. The van der Waals surface area contributed by atoms with Crippen LogP contribution >= 0.6 is 0 Å². The Labute approximate surface area is 146 Å². The molecule has 2 aromatic rings. The van der Waals surface area contributed by atoms with Gasteiger partial charge in [0.2, 0.25) is 0 Å². The van der Waals surface area contributed by atoms with Crippen LogP contribution in [-0.2, 0) is 9.59 Å². The van der Waals surface area contributed by atoms with Crippen LogP contribution in [0.5, 0.6) is 11.5 Å². The highest BCUT2D eigenvalue weighted by atomic mass is 16.5. The topological polar surface area (TPSA) is 64.6 Å². The summed E-state index contributed by atoms with van der Waals surface area (Å²) < 4.78 is 10.6. The van der Waals surface area contributed by atoms with Crippen molar-refractivity contribution in [2.45, 2.75) is 19.8 Å². The van der Waals surface area contributed by atoms with Gasteiger partial charge in [-0.1, -0.05) is 38.1 Å². The molecule has 0 aromatic heterocycles. The lowest BCUT2D eigenvalue weighted by Crippen LogP contribution is -2.25. The van der Waals surface area contributed by atoms with Crippen LogP contribution in [0.1, 0.15) is 30.9 Å². The molecule has 25 heavy (non-hydrogen) atoms. The molecule has 0 radical (unpaired) electrons. The van der Waals surface area contributed by atoms with Gasteiger partial charge in [0, 0.05) is 12.1 Å². The molecule has 0 aliphatic carbocycles. The van der Waals surface area contributed by atoms with E-state index in [0.717, 1.165) is 5.56 Å². The zero-order valence-electron chi connectivity index (χ0n) is 14.1. The average Bonchev–Trinajstić information content (AvgIpc) is 2.60. The van der Waals surface area contributed by atoms with Gasteiger partial charge in [-0.15, -0.1) is 0 Å². The van der Waals surface area contributed by atoms with E-state index < -0.39 is 5.97 Å². The SMILES string of the molecule is CC(C)c1ccc(/C=C/C(=O)Oc2ccc3c(c2)OCC(=O)N3)cc1. The molecule has 0 saturated carbocycles. The number of anilines is 1. The van der Waals surface area contributed by atoms with Gasteiger partial charge in [0.25, 0.3) is 5.91 Å². The fraction of sp³-hybridized carbons (Fsp3) is 0.200. The van der Waals surface area contributed by atoms with Gasteiger partial charge in [-0.25, -0.2) is 4.79 Å². The lowest BCUT2D eigenvalue weighted by molar-refractivity contribution is -0.129. The van der Waals surface area contributed by atoms with Crippen molar-refractivity contribution in [1.82, 2.24) is 0 Å². The Kier molecular flexibility index (Phi) is 4.84. The molecule has 1 N–H and O–H groups in total. The van der Waals surface area contributed by atoms with E-state index >= 15 is 0 Å². The summed E-state index contributed by atoms with van der Waals surface area (Å²) >= 11 is 0. The minimum atomic E-state index is -0.479. The predicted molar refractivity (Wildman–Crippen MR) is 95.8 cm³/mol. The highest BCUT2D eigenvalue weighted by Gasteiger charge is 2.16. The van der Waals surface area contributed by atoms with Gasteiger partial charge in [0.1, 0.15) is 11.5 Å². The van der Waals surface area contributed by atoms with Crippen LogP contribution in [0, 0.1) is 0 Å². The Balaban J connectivity index is 1.63. The Morgan fingerprint density at radius 3 is 2.68 bits per heavy atom. The van der Waals surface area contributed by atoms with Gasteiger partial charge in [-0.3, -0.25) is 4.79 Å². The van der Waals surface area contributed by atoms with Crippen molar-refractivity contribution in [1.29, 1.82) is 0 Å². The normalized spacial score (nSPS) is 13.3. The number of hydrogen-bond acceptors (Lipinski definition) is 4. The third-order valence-electron chi connectivity index (χ3n) is 3.82. The molecule has 1 heterocycles. The largest absolute Gasteiger partial charge is 0.481 e. The van der Waals surface area contributed by atoms with Crippen molar-refractivity contribution in [3.63, 3.8) is 0 Å². The summed E-state index contributed by atoms with van der Waals surface area (Å²) in [7, 11) is 0. The van der Waals surface area contributed by atoms with Gasteiger partial charge < -0.3 is 14.8 Å². The number of carbonyl (C=O) groups excluding carboxylic acids is 2. The average molecular weight is 337 g/mol. The molecular weight excluding hydrogens is 318 g/mol. The molecule has 3 rings (SSSR count). The Morgan fingerprint density at radius 1 is 1.20 bits per heavy atom. The van der Waals surface area contributed by atoms with Gasteiger partial charge in [-0.05, 0) is 35.3 Å². The lowest BCUT2D eigenvalue weighted by atomic mass is 10.0. The molecule has 1 amide bonds. The number of benzene rings is 2. The van der Waals surface area contributed by atoms with Crippen molar-refractivity contribution >= 4 is 23.6 Å². The fourth-order valence-corrected chi connectivity index (χ4v) is 2.42. The van der Waals surface area contributed by atoms with Crippen molar-refractivity contribution in [2.75, 3.05) is 11.9 Å². The standard InChI is InChI=1S/C20H19NO4/c1-13(2)15-6-3-14(4-7-15)5-10-20(23)25-16-8-9-17-18(11-16)24-12-19(22)21-17/h3-11,13H,12H2,1-2H3,(H,21,22)/b10-5+. The third kappa shape index (κ3) is 4.26. The predicted octanol–water partition coefficient (Wildman–Crippen LogP) is 3.76. The zero-order chi connectivity index (χ0) is 17.8. The minimum Gasteiger partial charge on any atom is -0.481 e. The first-order valence-corrected chi connectivity index (χ1v) is 8.08. The molecule has 0 fully saturated rings. The van der Waals surface area contributed by atoms with Crippen LogP contribution < -0.4 is 14.8 Å². The molecular formula is C20H19NO4. The molecule has 0 atom stereocenters. The van der Waals surface area contributed by atoms with E-state index in [1.165, 1.54) is 11.6 Å². The van der Waals surface area contributed by atoms with Gasteiger partial charge in [-0.2, -0.15) is 0 Å². The van der Waals surface area contributed by atoms with Gasteiger partial charge >= 0.3 is 5.97 Å².